The van der Waals surface area contributed by atoms with E-state index in [9.17, 15) is 31.9 Å². The Kier molecular flexibility index (Phi) is 7.51. The van der Waals surface area contributed by atoms with Gasteiger partial charge in [0.25, 0.3) is 11.8 Å². The lowest BCUT2D eigenvalue weighted by molar-refractivity contribution is -0.136. The first-order chi connectivity index (χ1) is 16.5. The van der Waals surface area contributed by atoms with Crippen LogP contribution in [0.3, 0.4) is 0 Å². The Morgan fingerprint density at radius 2 is 2.06 bits per heavy atom. The van der Waals surface area contributed by atoms with Crippen LogP contribution in [0, 0.1) is 0 Å². The van der Waals surface area contributed by atoms with Gasteiger partial charge in [-0.25, -0.2) is 13.8 Å². The molecular weight excluding hydrogens is 495 g/mol. The van der Waals surface area contributed by atoms with E-state index in [1.54, 1.807) is 4.90 Å². The first kappa shape index (κ1) is 26.0. The number of rotatable bonds is 7. The van der Waals surface area contributed by atoms with Gasteiger partial charge in [0.05, 0.1) is 46.7 Å². The van der Waals surface area contributed by atoms with Crippen LogP contribution in [0.4, 0.5) is 27.8 Å². The third-order valence-corrected chi connectivity index (χ3v) is 7.30. The van der Waals surface area contributed by atoms with Crippen molar-refractivity contribution in [3.05, 3.63) is 22.6 Å². The second-order valence-corrected chi connectivity index (χ2v) is 9.83. The van der Waals surface area contributed by atoms with Crippen molar-refractivity contribution in [3.8, 4) is 0 Å². The van der Waals surface area contributed by atoms with Gasteiger partial charge in [0.1, 0.15) is 5.82 Å². The van der Waals surface area contributed by atoms with Crippen molar-refractivity contribution in [2.45, 2.75) is 43.6 Å². The average molecular weight is 523 g/mol. The number of pyridine rings is 1. The zero-order valence-electron chi connectivity index (χ0n) is 19.1. The summed E-state index contributed by atoms with van der Waals surface area (Å²) in [6.45, 7) is 0.728. The van der Waals surface area contributed by atoms with E-state index in [1.165, 1.54) is 17.3 Å². The molecule has 0 aromatic carbocycles. The molecule has 1 amide bonds. The van der Waals surface area contributed by atoms with Crippen LogP contribution in [0.2, 0.25) is 0 Å². The molecule has 0 saturated carbocycles. The Morgan fingerprint density at radius 1 is 1.34 bits per heavy atom. The summed E-state index contributed by atoms with van der Waals surface area (Å²) in [4.78, 5) is 19.8. The van der Waals surface area contributed by atoms with Crippen molar-refractivity contribution in [2.24, 2.45) is 0 Å². The standard InChI is InChI=1S/C22H27F5N4O3S/c1-28-20(33)15-11-35-19-16(22(25,26)27)8-17(29-18(15)19)31-5-2-14(3-6-31)34-10-13(32)9-30-7-4-21(23,24)12-30/h8,11,13-14,32H,2-7,9-10,12H2,1H3,(H,28,33). The molecular formula is C22H27F5N4O3S. The second-order valence-electron chi connectivity index (χ2n) is 8.95. The first-order valence-corrected chi connectivity index (χ1v) is 12.2. The molecule has 0 aliphatic carbocycles. The van der Waals surface area contributed by atoms with Crippen molar-refractivity contribution >= 4 is 33.3 Å². The molecule has 1 atom stereocenters. The number of likely N-dealkylation sites (tertiary alicyclic amines) is 1. The number of piperidine rings is 1. The maximum atomic E-state index is 13.8. The molecule has 2 N–H and O–H groups in total. The minimum absolute atomic E-state index is 0.000434. The topological polar surface area (TPSA) is 77.9 Å². The van der Waals surface area contributed by atoms with Crippen molar-refractivity contribution in [3.63, 3.8) is 0 Å². The van der Waals surface area contributed by atoms with Gasteiger partial charge in [0.2, 0.25) is 0 Å². The quantitative estimate of drug-likeness (QED) is 0.544. The van der Waals surface area contributed by atoms with Crippen LogP contribution in [-0.2, 0) is 10.9 Å². The Morgan fingerprint density at radius 3 is 2.66 bits per heavy atom. The number of aliphatic hydroxyl groups is 1. The van der Waals surface area contributed by atoms with Crippen molar-refractivity contribution in [1.29, 1.82) is 0 Å². The van der Waals surface area contributed by atoms with Gasteiger partial charge in [-0.2, -0.15) is 13.2 Å². The number of amides is 1. The number of hydrogen-bond acceptors (Lipinski definition) is 7. The number of fused-ring (bicyclic) bond motifs is 1. The summed E-state index contributed by atoms with van der Waals surface area (Å²) in [6.07, 6.45) is -4.93. The van der Waals surface area contributed by atoms with Crippen LogP contribution in [0.1, 0.15) is 35.2 Å². The van der Waals surface area contributed by atoms with Gasteiger partial charge in [-0.05, 0) is 18.9 Å². The summed E-state index contributed by atoms with van der Waals surface area (Å²) in [6, 6.07) is 1.02. The Balaban J connectivity index is 1.38. The van der Waals surface area contributed by atoms with Crippen molar-refractivity contribution in [2.75, 3.05) is 51.3 Å². The maximum Gasteiger partial charge on any atom is 0.417 e. The lowest BCUT2D eigenvalue weighted by atomic mass is 10.1. The number of thiophene rings is 1. The number of aromatic nitrogens is 1. The third-order valence-electron chi connectivity index (χ3n) is 6.29. The molecule has 2 aliphatic heterocycles. The van der Waals surface area contributed by atoms with Crippen molar-refractivity contribution in [1.82, 2.24) is 15.2 Å². The summed E-state index contributed by atoms with van der Waals surface area (Å²) < 4.78 is 73.5. The molecule has 1 unspecified atom stereocenters. The summed E-state index contributed by atoms with van der Waals surface area (Å²) in [5, 5.41) is 14.0. The number of carbonyl (C=O) groups is 1. The predicted octanol–water partition coefficient (Wildman–Crippen LogP) is 3.36. The van der Waals surface area contributed by atoms with E-state index in [-0.39, 0.29) is 60.4 Å². The minimum Gasteiger partial charge on any atom is -0.389 e. The zero-order valence-corrected chi connectivity index (χ0v) is 19.9. The van der Waals surface area contributed by atoms with Crippen LogP contribution >= 0.6 is 11.3 Å². The normalized spacial score (nSPS) is 20.5. The van der Waals surface area contributed by atoms with Gasteiger partial charge in [-0.1, -0.05) is 0 Å². The molecule has 194 valence electrons. The monoisotopic (exact) mass is 522 g/mol. The molecule has 0 spiro atoms. The molecule has 13 heteroatoms. The van der Waals surface area contributed by atoms with Crippen LogP contribution in [0.25, 0.3) is 10.2 Å². The van der Waals surface area contributed by atoms with Gasteiger partial charge in [0, 0.05) is 45.0 Å². The second kappa shape index (κ2) is 10.1. The van der Waals surface area contributed by atoms with E-state index < -0.39 is 29.7 Å². The molecule has 2 saturated heterocycles. The highest BCUT2D eigenvalue weighted by molar-refractivity contribution is 7.17. The number of halogens is 5. The Labute approximate surface area is 202 Å². The average Bonchev–Trinajstić information content (AvgIpc) is 3.38. The highest BCUT2D eigenvalue weighted by Crippen LogP contribution is 2.40. The first-order valence-electron chi connectivity index (χ1n) is 11.3. The number of β-amino-alcohol motifs (C(OH)–C–C–N with tert-alkyl or cyclic N) is 1. The predicted molar refractivity (Wildman–Crippen MR) is 121 cm³/mol. The number of aliphatic hydroxyl groups excluding tert-OH is 1. The summed E-state index contributed by atoms with van der Waals surface area (Å²) >= 11 is 0.837. The fourth-order valence-electron chi connectivity index (χ4n) is 4.48. The lowest BCUT2D eigenvalue weighted by Crippen LogP contribution is -2.40. The van der Waals surface area contributed by atoms with Gasteiger partial charge in [-0.15, -0.1) is 11.3 Å². The van der Waals surface area contributed by atoms with Gasteiger partial charge in [-0.3, -0.25) is 9.69 Å². The molecule has 2 aromatic heterocycles. The van der Waals surface area contributed by atoms with E-state index in [0.29, 0.717) is 25.9 Å². The number of nitrogens with zero attached hydrogens (tertiary/aromatic N) is 3. The van der Waals surface area contributed by atoms with Crippen molar-refractivity contribution < 1.29 is 36.6 Å². The summed E-state index contributed by atoms with van der Waals surface area (Å²) in [5.74, 6) is -3.08. The fraction of sp³-hybridized carbons (Fsp3) is 0.636. The lowest BCUT2D eigenvalue weighted by Gasteiger charge is -2.33. The van der Waals surface area contributed by atoms with E-state index in [0.717, 1.165) is 17.4 Å². The van der Waals surface area contributed by atoms with Gasteiger partial charge in [0.15, 0.2) is 0 Å². The molecule has 2 fully saturated rings. The fourth-order valence-corrected chi connectivity index (χ4v) is 5.50. The third kappa shape index (κ3) is 6.01. The molecule has 2 aromatic rings. The Bertz CT molecular complexity index is 1060. The Hall–Kier alpha value is -2.09. The van der Waals surface area contributed by atoms with Gasteiger partial charge >= 0.3 is 6.18 Å². The molecule has 0 bridgehead atoms. The maximum absolute atomic E-state index is 13.8. The van der Waals surface area contributed by atoms with E-state index >= 15 is 0 Å². The summed E-state index contributed by atoms with van der Waals surface area (Å²) in [7, 11) is 1.41. The smallest absolute Gasteiger partial charge is 0.389 e. The van der Waals surface area contributed by atoms with Gasteiger partial charge < -0.3 is 20.1 Å². The van der Waals surface area contributed by atoms with E-state index in [1.807, 2.05) is 0 Å². The molecule has 0 radical (unpaired) electrons. The highest BCUT2D eigenvalue weighted by atomic mass is 32.1. The van der Waals surface area contributed by atoms with Crippen LogP contribution < -0.4 is 10.2 Å². The van der Waals surface area contributed by atoms with E-state index in [4.69, 9.17) is 4.74 Å². The molecule has 4 rings (SSSR count). The van der Waals surface area contributed by atoms with Crippen LogP contribution in [-0.4, -0.2) is 85.4 Å². The SMILES string of the molecule is CNC(=O)c1csc2c(C(F)(F)F)cc(N3CCC(OCC(O)CN4CCC(F)(F)C4)CC3)nc12. The number of alkyl halides is 5. The van der Waals surface area contributed by atoms with Crippen LogP contribution in [0.5, 0.6) is 0 Å². The highest BCUT2D eigenvalue weighted by Gasteiger charge is 2.39. The zero-order chi connectivity index (χ0) is 25.4. The number of ether oxygens (including phenoxy) is 1. The van der Waals surface area contributed by atoms with E-state index in [2.05, 4.69) is 10.3 Å². The molecule has 35 heavy (non-hydrogen) atoms. The number of hydrogen-bond donors (Lipinski definition) is 2. The van der Waals surface area contributed by atoms with Crippen LogP contribution in [0.15, 0.2) is 11.4 Å². The molecule has 7 nitrogen and oxygen atoms in total. The number of anilines is 1. The molecule has 2 aliphatic rings. The molecule has 4 heterocycles. The largest absolute Gasteiger partial charge is 0.417 e. The number of carbonyl (C=O) groups excluding carboxylic acids is 1. The number of nitrogens with one attached hydrogen (secondary N) is 1. The minimum atomic E-state index is -4.60. The summed E-state index contributed by atoms with van der Waals surface area (Å²) in [5.41, 5.74) is -0.706.